The van der Waals surface area contributed by atoms with E-state index in [1.165, 1.54) is 0 Å². The Bertz CT molecular complexity index is 379. The molecule has 1 aromatic rings. The molecule has 1 rings (SSSR count). The zero-order chi connectivity index (χ0) is 13.0. The van der Waals surface area contributed by atoms with E-state index in [-0.39, 0.29) is 0 Å². The molecule has 4 nitrogen and oxygen atoms in total. The maximum Gasteiger partial charge on any atom is 0.140 e. The van der Waals surface area contributed by atoms with E-state index in [9.17, 15) is 0 Å². The maximum atomic E-state index is 5.79. The summed E-state index contributed by atoms with van der Waals surface area (Å²) in [6.45, 7) is 5.19. The molecule has 0 radical (unpaired) electrons. The number of nitrogens with one attached hydrogen (secondary N) is 1. The van der Waals surface area contributed by atoms with Crippen molar-refractivity contribution in [2.24, 2.45) is 0 Å². The number of halogens is 1. The molecule has 0 aliphatic carbocycles. The number of pyridine rings is 1. The minimum absolute atomic E-state index is 0.379. The van der Waals surface area contributed by atoms with Crippen molar-refractivity contribution in [3.05, 3.63) is 16.2 Å². The van der Waals surface area contributed by atoms with Gasteiger partial charge in [0.05, 0.1) is 16.4 Å². The predicted octanol–water partition coefficient (Wildman–Crippen LogP) is 2.49. The average Bonchev–Trinajstić information content (AvgIpc) is 2.27. The lowest BCUT2D eigenvalue weighted by molar-refractivity contribution is 0.390. The second-order valence-corrected chi connectivity index (χ2v) is 5.43. The van der Waals surface area contributed by atoms with E-state index in [2.05, 4.69) is 52.1 Å². The van der Waals surface area contributed by atoms with Crippen LogP contribution in [0.5, 0.6) is 0 Å². The van der Waals surface area contributed by atoms with E-state index < -0.39 is 0 Å². The van der Waals surface area contributed by atoms with Gasteiger partial charge in [0, 0.05) is 6.04 Å². The molecule has 3 N–H and O–H groups in total. The first-order valence-electron chi connectivity index (χ1n) is 5.73. The third-order valence-electron chi connectivity index (χ3n) is 2.70. The Morgan fingerprint density at radius 2 is 2.18 bits per heavy atom. The van der Waals surface area contributed by atoms with E-state index >= 15 is 0 Å². The summed E-state index contributed by atoms with van der Waals surface area (Å²) in [6.07, 6.45) is 2.77. The van der Waals surface area contributed by atoms with Gasteiger partial charge in [-0.15, -0.1) is 0 Å². The lowest BCUT2D eigenvalue weighted by Crippen LogP contribution is -2.23. The van der Waals surface area contributed by atoms with Gasteiger partial charge in [0.1, 0.15) is 5.82 Å². The van der Waals surface area contributed by atoms with Crippen molar-refractivity contribution in [3.8, 4) is 0 Å². The monoisotopic (exact) mass is 300 g/mol. The molecule has 0 saturated carbocycles. The Morgan fingerprint density at radius 3 is 2.76 bits per heavy atom. The van der Waals surface area contributed by atoms with E-state index in [0.717, 1.165) is 28.8 Å². The number of rotatable bonds is 5. The smallest absolute Gasteiger partial charge is 0.140 e. The minimum atomic E-state index is 0.379. The molecule has 0 fully saturated rings. The molecule has 1 aromatic heterocycles. The molecule has 96 valence electrons. The van der Waals surface area contributed by atoms with Crippen molar-refractivity contribution in [1.82, 2.24) is 9.88 Å². The fourth-order valence-corrected chi connectivity index (χ4v) is 1.90. The van der Waals surface area contributed by atoms with Crippen LogP contribution < -0.4 is 11.1 Å². The van der Waals surface area contributed by atoms with Crippen LogP contribution in [0.1, 0.15) is 18.9 Å². The summed E-state index contributed by atoms with van der Waals surface area (Å²) < 4.78 is 0.953. The van der Waals surface area contributed by atoms with Gasteiger partial charge in [-0.1, -0.05) is 0 Å². The number of nitrogen functional groups attached to an aromatic ring is 1. The van der Waals surface area contributed by atoms with Crippen molar-refractivity contribution in [3.63, 3.8) is 0 Å². The Kier molecular flexibility index (Phi) is 5.21. The molecular weight excluding hydrogens is 280 g/mol. The van der Waals surface area contributed by atoms with Crippen molar-refractivity contribution < 1.29 is 0 Å². The molecule has 0 spiro atoms. The summed E-state index contributed by atoms with van der Waals surface area (Å²) in [5, 5.41) is 3.39. The normalized spacial score (nSPS) is 12.8. The summed E-state index contributed by atoms with van der Waals surface area (Å²) in [5.41, 5.74) is 7.53. The Morgan fingerprint density at radius 1 is 1.53 bits per heavy atom. The first kappa shape index (κ1) is 14.3. The van der Waals surface area contributed by atoms with Crippen molar-refractivity contribution in [2.75, 3.05) is 31.7 Å². The zero-order valence-electron chi connectivity index (χ0n) is 10.9. The highest BCUT2D eigenvalue weighted by atomic mass is 79.9. The average molecular weight is 301 g/mol. The van der Waals surface area contributed by atoms with E-state index in [1.807, 2.05) is 6.92 Å². The van der Waals surface area contributed by atoms with Crippen LogP contribution in [0.3, 0.4) is 0 Å². The largest absolute Gasteiger partial charge is 0.397 e. The third kappa shape index (κ3) is 4.16. The Hall–Kier alpha value is -0.810. The Balaban J connectivity index is 2.65. The molecule has 1 heterocycles. The first-order valence-corrected chi connectivity index (χ1v) is 6.53. The number of nitrogens with zero attached hydrogens (tertiary/aromatic N) is 2. The SMILES string of the molecule is Cc1c(N)cnc(NC(C)CCN(C)C)c1Br. The second-order valence-electron chi connectivity index (χ2n) is 4.64. The molecule has 0 bridgehead atoms. The molecule has 0 aliphatic heterocycles. The van der Waals surface area contributed by atoms with Crippen molar-refractivity contribution >= 4 is 27.4 Å². The third-order valence-corrected chi connectivity index (χ3v) is 3.67. The fourth-order valence-electron chi connectivity index (χ4n) is 1.45. The summed E-state index contributed by atoms with van der Waals surface area (Å²) >= 11 is 3.52. The molecule has 17 heavy (non-hydrogen) atoms. The van der Waals surface area contributed by atoms with Gasteiger partial charge in [-0.05, 0) is 62.4 Å². The molecule has 1 atom stereocenters. The summed E-state index contributed by atoms with van der Waals surface area (Å²) in [7, 11) is 4.16. The van der Waals surface area contributed by atoms with Crippen LogP contribution in [0.25, 0.3) is 0 Å². The molecular formula is C12H21BrN4. The van der Waals surface area contributed by atoms with Crippen LogP contribution in [0.15, 0.2) is 10.7 Å². The summed E-state index contributed by atoms with van der Waals surface area (Å²) in [4.78, 5) is 6.48. The zero-order valence-corrected chi connectivity index (χ0v) is 12.5. The molecule has 5 heteroatoms. The van der Waals surface area contributed by atoms with Gasteiger partial charge in [0.15, 0.2) is 0 Å². The maximum absolute atomic E-state index is 5.79. The highest BCUT2D eigenvalue weighted by molar-refractivity contribution is 9.10. The summed E-state index contributed by atoms with van der Waals surface area (Å²) in [5.74, 6) is 0.864. The predicted molar refractivity (Wildman–Crippen MR) is 77.3 cm³/mol. The minimum Gasteiger partial charge on any atom is -0.397 e. The van der Waals surface area contributed by atoms with Crippen molar-refractivity contribution in [2.45, 2.75) is 26.3 Å². The first-order chi connectivity index (χ1) is 7.91. The molecule has 0 aliphatic rings. The topological polar surface area (TPSA) is 54.2 Å². The quantitative estimate of drug-likeness (QED) is 0.877. The van der Waals surface area contributed by atoms with Gasteiger partial charge in [-0.25, -0.2) is 4.98 Å². The van der Waals surface area contributed by atoms with Gasteiger partial charge < -0.3 is 16.0 Å². The number of anilines is 2. The molecule has 0 amide bonds. The Labute approximate surface area is 112 Å². The lowest BCUT2D eigenvalue weighted by Gasteiger charge is -2.18. The van der Waals surface area contributed by atoms with Crippen LogP contribution >= 0.6 is 15.9 Å². The highest BCUT2D eigenvalue weighted by Crippen LogP contribution is 2.28. The van der Waals surface area contributed by atoms with Crippen LogP contribution in [0.2, 0.25) is 0 Å². The van der Waals surface area contributed by atoms with Crippen molar-refractivity contribution in [1.29, 1.82) is 0 Å². The van der Waals surface area contributed by atoms with Gasteiger partial charge in [-0.2, -0.15) is 0 Å². The second kappa shape index (κ2) is 6.21. The van der Waals surface area contributed by atoms with E-state index in [1.54, 1.807) is 6.20 Å². The molecule has 0 aromatic carbocycles. The standard InChI is InChI=1S/C12H21BrN4/c1-8(5-6-17(3)4)16-12-11(13)9(2)10(14)7-15-12/h7-8H,5-6,14H2,1-4H3,(H,15,16). The number of hydrogen-bond donors (Lipinski definition) is 2. The van der Waals surface area contributed by atoms with Crippen LogP contribution in [-0.2, 0) is 0 Å². The van der Waals surface area contributed by atoms with Gasteiger partial charge in [0.25, 0.3) is 0 Å². The van der Waals surface area contributed by atoms with Gasteiger partial charge >= 0.3 is 0 Å². The number of aromatic nitrogens is 1. The highest BCUT2D eigenvalue weighted by Gasteiger charge is 2.10. The molecule has 1 unspecified atom stereocenters. The van der Waals surface area contributed by atoms with Crippen LogP contribution in [0, 0.1) is 6.92 Å². The van der Waals surface area contributed by atoms with Crippen LogP contribution in [-0.4, -0.2) is 36.6 Å². The molecule has 0 saturated heterocycles. The fraction of sp³-hybridized carbons (Fsp3) is 0.583. The summed E-state index contributed by atoms with van der Waals surface area (Å²) in [6, 6.07) is 0.379. The lowest BCUT2D eigenvalue weighted by atomic mass is 10.2. The number of hydrogen-bond acceptors (Lipinski definition) is 4. The van der Waals surface area contributed by atoms with E-state index in [4.69, 9.17) is 5.73 Å². The van der Waals surface area contributed by atoms with Gasteiger partial charge in [0.2, 0.25) is 0 Å². The van der Waals surface area contributed by atoms with Crippen LogP contribution in [0.4, 0.5) is 11.5 Å². The number of nitrogens with two attached hydrogens (primary N) is 1. The van der Waals surface area contributed by atoms with Gasteiger partial charge in [-0.3, -0.25) is 0 Å². The van der Waals surface area contributed by atoms with E-state index in [0.29, 0.717) is 11.7 Å².